The van der Waals surface area contributed by atoms with Crippen molar-refractivity contribution in [2.75, 3.05) is 10.0 Å². The number of hydrogen-bond acceptors (Lipinski definition) is 5. The molecule has 31 heavy (non-hydrogen) atoms. The number of carbonyl (C=O) groups is 1. The maximum Gasteiger partial charge on any atom is 0.262 e. The number of anilines is 2. The molecule has 0 saturated carbocycles. The van der Waals surface area contributed by atoms with Gasteiger partial charge < -0.3 is 10.3 Å². The molecule has 0 aliphatic carbocycles. The van der Waals surface area contributed by atoms with Gasteiger partial charge in [0, 0.05) is 6.20 Å². The number of hydrogen-bond donors (Lipinski definition) is 3. The van der Waals surface area contributed by atoms with E-state index in [9.17, 15) is 26.4 Å². The molecule has 0 atom stereocenters. The van der Waals surface area contributed by atoms with Gasteiger partial charge in [0.2, 0.25) is 0 Å². The summed E-state index contributed by atoms with van der Waals surface area (Å²) in [4.78, 5) is 22.6. The molecular weight excluding hydrogens is 435 g/mol. The fourth-order valence-corrected chi connectivity index (χ4v) is 3.81. The molecule has 0 saturated heterocycles. The molecule has 2 aromatic heterocycles. The molecule has 4 aromatic rings. The normalized spacial score (nSPS) is 11.5. The molecule has 8 nitrogen and oxygen atoms in total. The number of fused-ring (bicyclic) bond motifs is 1. The Morgan fingerprint density at radius 1 is 1.03 bits per heavy atom. The Labute approximate surface area is 173 Å². The van der Waals surface area contributed by atoms with Crippen LogP contribution in [0.3, 0.4) is 0 Å². The fraction of sp³-hybridized carbons (Fsp3) is 0. The van der Waals surface area contributed by atoms with Crippen LogP contribution in [0.5, 0.6) is 0 Å². The number of carbonyl (C=O) groups excluding carboxylic acids is 1. The van der Waals surface area contributed by atoms with E-state index in [1.54, 1.807) is 0 Å². The van der Waals surface area contributed by atoms with E-state index in [1.807, 2.05) is 4.72 Å². The van der Waals surface area contributed by atoms with Crippen LogP contribution in [0.25, 0.3) is 11.2 Å². The van der Waals surface area contributed by atoms with Crippen molar-refractivity contribution in [3.8, 4) is 0 Å². The van der Waals surface area contributed by atoms with Crippen molar-refractivity contribution >= 4 is 38.5 Å². The lowest BCUT2D eigenvalue weighted by Crippen LogP contribution is -2.18. The third-order valence-corrected chi connectivity index (χ3v) is 5.58. The van der Waals surface area contributed by atoms with Gasteiger partial charge >= 0.3 is 0 Å². The Morgan fingerprint density at radius 2 is 1.84 bits per heavy atom. The maximum atomic E-state index is 14.9. The van der Waals surface area contributed by atoms with Crippen LogP contribution < -0.4 is 10.0 Å². The van der Waals surface area contributed by atoms with E-state index >= 15 is 0 Å². The lowest BCUT2D eigenvalue weighted by Gasteiger charge is -2.13. The molecule has 12 heteroatoms. The summed E-state index contributed by atoms with van der Waals surface area (Å²) in [5.74, 6) is -4.18. The number of nitrogens with zero attached hydrogens (tertiary/aromatic N) is 2. The first-order valence-corrected chi connectivity index (χ1v) is 10.1. The van der Waals surface area contributed by atoms with Crippen LogP contribution >= 0.6 is 0 Å². The van der Waals surface area contributed by atoms with Crippen molar-refractivity contribution in [3.63, 3.8) is 0 Å². The third-order valence-electron chi connectivity index (χ3n) is 4.22. The first kappa shape index (κ1) is 20.3. The number of H-pyrrole nitrogens is 1. The Morgan fingerprint density at radius 3 is 2.61 bits per heavy atom. The van der Waals surface area contributed by atoms with Crippen molar-refractivity contribution in [2.45, 2.75) is 4.90 Å². The van der Waals surface area contributed by atoms with Crippen LogP contribution in [0, 0.1) is 17.5 Å². The van der Waals surface area contributed by atoms with Gasteiger partial charge in [-0.05, 0) is 36.4 Å². The zero-order chi connectivity index (χ0) is 22.2. The summed E-state index contributed by atoms with van der Waals surface area (Å²) < 4.78 is 69.1. The molecule has 4 rings (SSSR count). The van der Waals surface area contributed by atoms with Gasteiger partial charge in [-0.3, -0.25) is 9.52 Å². The molecule has 0 fully saturated rings. The van der Waals surface area contributed by atoms with Gasteiger partial charge in [-0.15, -0.1) is 0 Å². The van der Waals surface area contributed by atoms with Crippen molar-refractivity contribution in [1.82, 2.24) is 15.0 Å². The van der Waals surface area contributed by atoms with Gasteiger partial charge in [0.1, 0.15) is 17.3 Å². The summed E-state index contributed by atoms with van der Waals surface area (Å²) in [5, 5.41) is 2.07. The smallest absolute Gasteiger partial charge is 0.262 e. The number of amides is 1. The van der Waals surface area contributed by atoms with Crippen LogP contribution in [0.15, 0.2) is 59.9 Å². The minimum absolute atomic E-state index is 0.0127. The van der Waals surface area contributed by atoms with E-state index in [0.717, 1.165) is 30.3 Å². The second-order valence-corrected chi connectivity index (χ2v) is 7.98. The molecule has 0 spiro atoms. The SMILES string of the molecule is O=C(Nc1c(F)ccc(NS(=O)(=O)c2cccc(F)c2)c1F)c1cnc2nc[nH]c2c1. The average Bonchev–Trinajstić information content (AvgIpc) is 3.21. The number of benzene rings is 2. The number of aromatic nitrogens is 3. The van der Waals surface area contributed by atoms with E-state index in [2.05, 4.69) is 20.3 Å². The highest BCUT2D eigenvalue weighted by Gasteiger charge is 2.22. The molecule has 0 unspecified atom stereocenters. The second-order valence-electron chi connectivity index (χ2n) is 6.30. The highest BCUT2D eigenvalue weighted by atomic mass is 32.2. The Hall–Kier alpha value is -3.93. The third kappa shape index (κ3) is 4.05. The van der Waals surface area contributed by atoms with E-state index in [4.69, 9.17) is 0 Å². The van der Waals surface area contributed by atoms with E-state index in [1.165, 1.54) is 24.7 Å². The van der Waals surface area contributed by atoms with Crippen LogP contribution in [-0.4, -0.2) is 29.3 Å². The van der Waals surface area contributed by atoms with Crippen molar-refractivity contribution in [3.05, 3.63) is 78.0 Å². The number of imidazole rings is 1. The molecule has 0 bridgehead atoms. The van der Waals surface area contributed by atoms with Gasteiger partial charge in [0.15, 0.2) is 11.5 Å². The zero-order valence-corrected chi connectivity index (χ0v) is 16.2. The van der Waals surface area contributed by atoms with Gasteiger partial charge in [-0.2, -0.15) is 0 Å². The molecule has 3 N–H and O–H groups in total. The monoisotopic (exact) mass is 447 g/mol. The summed E-state index contributed by atoms with van der Waals surface area (Å²) in [7, 11) is -4.37. The number of rotatable bonds is 5. The first-order valence-electron chi connectivity index (χ1n) is 8.61. The molecule has 2 heterocycles. The molecule has 1 amide bonds. The predicted molar refractivity (Wildman–Crippen MR) is 105 cm³/mol. The topological polar surface area (TPSA) is 117 Å². The minimum atomic E-state index is -4.37. The summed E-state index contributed by atoms with van der Waals surface area (Å²) in [5.41, 5.74) is -0.730. The second kappa shape index (κ2) is 7.72. The molecule has 0 aliphatic heterocycles. The summed E-state index contributed by atoms with van der Waals surface area (Å²) in [6, 6.07) is 7.06. The Kier molecular flexibility index (Phi) is 5.07. The highest BCUT2D eigenvalue weighted by molar-refractivity contribution is 7.92. The molecule has 2 aromatic carbocycles. The van der Waals surface area contributed by atoms with E-state index < -0.39 is 49.7 Å². The van der Waals surface area contributed by atoms with Gasteiger partial charge in [-0.1, -0.05) is 6.07 Å². The van der Waals surface area contributed by atoms with E-state index in [0.29, 0.717) is 11.2 Å². The van der Waals surface area contributed by atoms with Crippen molar-refractivity contribution in [1.29, 1.82) is 0 Å². The van der Waals surface area contributed by atoms with Crippen LogP contribution in [0.4, 0.5) is 24.5 Å². The highest BCUT2D eigenvalue weighted by Crippen LogP contribution is 2.28. The molecular formula is C19H12F3N5O3S. The van der Waals surface area contributed by atoms with Crippen molar-refractivity contribution < 1.29 is 26.4 Å². The Balaban J connectivity index is 1.63. The first-order chi connectivity index (χ1) is 14.7. The lowest BCUT2D eigenvalue weighted by molar-refractivity contribution is 0.102. The van der Waals surface area contributed by atoms with Crippen LogP contribution in [0.1, 0.15) is 10.4 Å². The Bertz CT molecular complexity index is 1420. The number of pyridine rings is 1. The largest absolute Gasteiger partial charge is 0.343 e. The molecule has 0 radical (unpaired) electrons. The predicted octanol–water partition coefficient (Wildman–Crippen LogP) is 3.43. The summed E-state index contributed by atoms with van der Waals surface area (Å²) in [6.45, 7) is 0. The minimum Gasteiger partial charge on any atom is -0.343 e. The van der Waals surface area contributed by atoms with Crippen LogP contribution in [0.2, 0.25) is 0 Å². The molecule has 158 valence electrons. The number of aromatic amines is 1. The van der Waals surface area contributed by atoms with Gasteiger partial charge in [0.05, 0.1) is 28.0 Å². The van der Waals surface area contributed by atoms with Crippen molar-refractivity contribution in [2.24, 2.45) is 0 Å². The summed E-state index contributed by atoms with van der Waals surface area (Å²) in [6.07, 6.45) is 2.54. The summed E-state index contributed by atoms with van der Waals surface area (Å²) >= 11 is 0. The quantitative estimate of drug-likeness (QED) is 0.433. The molecule has 0 aliphatic rings. The fourth-order valence-electron chi connectivity index (χ4n) is 2.72. The number of sulfonamides is 1. The average molecular weight is 447 g/mol. The zero-order valence-electron chi connectivity index (χ0n) is 15.4. The van der Waals surface area contributed by atoms with E-state index in [-0.39, 0.29) is 5.56 Å². The van der Waals surface area contributed by atoms with Gasteiger partial charge in [-0.25, -0.2) is 31.6 Å². The van der Waals surface area contributed by atoms with Gasteiger partial charge in [0.25, 0.3) is 15.9 Å². The standard InChI is InChI=1S/C19H12F3N5O3S/c20-11-2-1-3-12(7-11)31(29,30)27-14-5-4-13(21)17(16(14)22)26-19(28)10-6-15-18(23-8-10)25-9-24-15/h1-9,27H,(H,26,28)(H,23,24,25). The lowest BCUT2D eigenvalue weighted by atomic mass is 10.2. The number of nitrogens with one attached hydrogen (secondary N) is 3. The van der Waals surface area contributed by atoms with Crippen LogP contribution in [-0.2, 0) is 10.0 Å². The maximum absolute atomic E-state index is 14.9. The number of halogens is 3.